The third kappa shape index (κ3) is 3.09. The Kier molecular flexibility index (Phi) is 4.06. The summed E-state index contributed by atoms with van der Waals surface area (Å²) in [5.74, 6) is 1.28. The van der Waals surface area contributed by atoms with Crippen LogP contribution in [-0.4, -0.2) is 22.2 Å². The third-order valence-corrected chi connectivity index (χ3v) is 4.09. The SMILES string of the molecule is COc1cccc(-c2noc(NCc3nc(C)sc3C)n2)c1. The minimum atomic E-state index is 0.378. The number of anilines is 1. The highest BCUT2D eigenvalue weighted by atomic mass is 32.1. The smallest absolute Gasteiger partial charge is 0.322 e. The molecule has 7 heteroatoms. The average Bonchev–Trinajstić information content (AvgIpc) is 3.11. The summed E-state index contributed by atoms with van der Waals surface area (Å²) in [6, 6.07) is 7.91. The first kappa shape index (κ1) is 14.5. The number of hydrogen-bond donors (Lipinski definition) is 1. The summed E-state index contributed by atoms with van der Waals surface area (Å²) in [6.07, 6.45) is 0. The van der Waals surface area contributed by atoms with Crippen molar-refractivity contribution in [2.75, 3.05) is 12.4 Å². The van der Waals surface area contributed by atoms with Crippen LogP contribution in [0, 0.1) is 13.8 Å². The van der Waals surface area contributed by atoms with Gasteiger partial charge in [0.15, 0.2) is 0 Å². The summed E-state index contributed by atoms with van der Waals surface area (Å²) in [7, 11) is 1.63. The van der Waals surface area contributed by atoms with Crippen molar-refractivity contribution in [1.29, 1.82) is 0 Å². The van der Waals surface area contributed by atoms with E-state index < -0.39 is 0 Å². The maximum Gasteiger partial charge on any atom is 0.322 e. The van der Waals surface area contributed by atoms with Gasteiger partial charge in [-0.05, 0) is 26.0 Å². The zero-order chi connectivity index (χ0) is 15.5. The van der Waals surface area contributed by atoms with Crippen LogP contribution in [-0.2, 0) is 6.54 Å². The second kappa shape index (κ2) is 6.15. The maximum atomic E-state index is 5.22. The Morgan fingerprint density at radius 1 is 1.27 bits per heavy atom. The second-order valence-corrected chi connectivity index (χ2v) is 6.15. The number of aryl methyl sites for hydroxylation is 2. The van der Waals surface area contributed by atoms with Gasteiger partial charge in [0.2, 0.25) is 5.82 Å². The molecule has 3 aromatic rings. The number of rotatable bonds is 5. The van der Waals surface area contributed by atoms with Crippen LogP contribution in [0.3, 0.4) is 0 Å². The molecule has 3 rings (SSSR count). The van der Waals surface area contributed by atoms with Crippen molar-refractivity contribution in [3.63, 3.8) is 0 Å². The maximum absolute atomic E-state index is 5.22. The summed E-state index contributed by atoms with van der Waals surface area (Å²) in [5.41, 5.74) is 1.85. The first-order chi connectivity index (χ1) is 10.7. The van der Waals surface area contributed by atoms with Gasteiger partial charge in [-0.15, -0.1) is 11.3 Å². The third-order valence-electron chi connectivity index (χ3n) is 3.16. The van der Waals surface area contributed by atoms with E-state index in [0.29, 0.717) is 18.4 Å². The van der Waals surface area contributed by atoms with Gasteiger partial charge in [-0.25, -0.2) is 4.98 Å². The molecule has 114 valence electrons. The molecule has 0 unspecified atom stereocenters. The van der Waals surface area contributed by atoms with Gasteiger partial charge in [-0.3, -0.25) is 0 Å². The molecule has 0 fully saturated rings. The molecule has 0 aliphatic heterocycles. The molecule has 0 saturated heterocycles. The molecular formula is C15H16N4O2S. The first-order valence-corrected chi connectivity index (χ1v) is 7.62. The Morgan fingerprint density at radius 2 is 2.14 bits per heavy atom. The summed E-state index contributed by atoms with van der Waals surface area (Å²) in [5, 5.41) is 8.14. The van der Waals surface area contributed by atoms with Gasteiger partial charge in [-0.2, -0.15) is 4.98 Å². The number of aromatic nitrogens is 3. The van der Waals surface area contributed by atoms with E-state index in [0.717, 1.165) is 22.0 Å². The van der Waals surface area contributed by atoms with E-state index in [1.165, 1.54) is 4.88 Å². The first-order valence-electron chi connectivity index (χ1n) is 6.80. The molecule has 22 heavy (non-hydrogen) atoms. The van der Waals surface area contributed by atoms with Crippen LogP contribution >= 0.6 is 11.3 Å². The van der Waals surface area contributed by atoms with Crippen molar-refractivity contribution < 1.29 is 9.26 Å². The van der Waals surface area contributed by atoms with Gasteiger partial charge in [0, 0.05) is 10.4 Å². The number of ether oxygens (including phenoxy) is 1. The van der Waals surface area contributed by atoms with Crippen LogP contribution in [0.25, 0.3) is 11.4 Å². The summed E-state index contributed by atoms with van der Waals surface area (Å²) < 4.78 is 10.4. The van der Waals surface area contributed by atoms with E-state index in [2.05, 4.69) is 27.4 Å². The Bertz CT molecular complexity index is 781. The van der Waals surface area contributed by atoms with Crippen molar-refractivity contribution in [2.24, 2.45) is 0 Å². The normalized spacial score (nSPS) is 10.7. The highest BCUT2D eigenvalue weighted by Crippen LogP contribution is 2.23. The quantitative estimate of drug-likeness (QED) is 0.777. The van der Waals surface area contributed by atoms with Crippen LogP contribution < -0.4 is 10.1 Å². The van der Waals surface area contributed by atoms with Crippen LogP contribution in [0.15, 0.2) is 28.8 Å². The molecule has 0 aliphatic rings. The Hall–Kier alpha value is -2.41. The van der Waals surface area contributed by atoms with Crippen LogP contribution in [0.4, 0.5) is 6.01 Å². The van der Waals surface area contributed by atoms with Gasteiger partial charge in [0.05, 0.1) is 24.4 Å². The van der Waals surface area contributed by atoms with E-state index in [9.17, 15) is 0 Å². The number of methoxy groups -OCH3 is 1. The average molecular weight is 316 g/mol. The Balaban J connectivity index is 1.72. The highest BCUT2D eigenvalue weighted by Gasteiger charge is 2.10. The van der Waals surface area contributed by atoms with Gasteiger partial charge in [0.25, 0.3) is 0 Å². The number of thiazole rings is 1. The topological polar surface area (TPSA) is 73.1 Å². The van der Waals surface area contributed by atoms with Crippen molar-refractivity contribution in [3.8, 4) is 17.1 Å². The fourth-order valence-corrected chi connectivity index (χ4v) is 2.90. The summed E-state index contributed by atoms with van der Waals surface area (Å²) in [6.45, 7) is 4.61. The molecule has 2 heterocycles. The van der Waals surface area contributed by atoms with E-state index in [1.807, 2.05) is 31.2 Å². The van der Waals surface area contributed by atoms with Crippen molar-refractivity contribution in [2.45, 2.75) is 20.4 Å². The molecule has 1 N–H and O–H groups in total. The largest absolute Gasteiger partial charge is 0.497 e. The fourth-order valence-electron chi connectivity index (χ4n) is 2.07. The molecule has 0 aliphatic carbocycles. The molecule has 0 spiro atoms. The number of hydrogen-bond acceptors (Lipinski definition) is 7. The lowest BCUT2D eigenvalue weighted by Gasteiger charge is -2.00. The van der Waals surface area contributed by atoms with E-state index >= 15 is 0 Å². The number of nitrogens with zero attached hydrogens (tertiary/aromatic N) is 3. The molecule has 0 radical (unpaired) electrons. The second-order valence-electron chi connectivity index (χ2n) is 4.74. The van der Waals surface area contributed by atoms with Crippen LogP contribution in [0.1, 0.15) is 15.6 Å². The minimum absolute atomic E-state index is 0.378. The fraction of sp³-hybridized carbons (Fsp3) is 0.267. The lowest BCUT2D eigenvalue weighted by atomic mass is 10.2. The number of benzene rings is 1. The van der Waals surface area contributed by atoms with Gasteiger partial charge in [0.1, 0.15) is 5.75 Å². The van der Waals surface area contributed by atoms with Crippen molar-refractivity contribution in [1.82, 2.24) is 15.1 Å². The number of nitrogens with one attached hydrogen (secondary N) is 1. The van der Waals surface area contributed by atoms with E-state index in [-0.39, 0.29) is 0 Å². The molecular weight excluding hydrogens is 300 g/mol. The lowest BCUT2D eigenvalue weighted by Crippen LogP contribution is -2.01. The molecule has 6 nitrogen and oxygen atoms in total. The predicted octanol–water partition coefficient (Wildman–Crippen LogP) is 3.43. The van der Waals surface area contributed by atoms with E-state index in [1.54, 1.807) is 18.4 Å². The summed E-state index contributed by atoms with van der Waals surface area (Å²) in [4.78, 5) is 9.99. The van der Waals surface area contributed by atoms with Gasteiger partial charge in [-0.1, -0.05) is 17.3 Å². The molecule has 0 amide bonds. The monoisotopic (exact) mass is 316 g/mol. The van der Waals surface area contributed by atoms with Crippen LogP contribution in [0.5, 0.6) is 5.75 Å². The molecule has 0 bridgehead atoms. The zero-order valence-corrected chi connectivity index (χ0v) is 13.4. The minimum Gasteiger partial charge on any atom is -0.497 e. The standard InChI is InChI=1S/C15H16N4O2S/c1-9-13(17-10(2)22-9)8-16-15-18-14(19-21-15)11-5-4-6-12(7-11)20-3/h4-7H,8H2,1-3H3,(H,16,18,19). The van der Waals surface area contributed by atoms with Gasteiger partial charge < -0.3 is 14.6 Å². The molecule has 0 atom stereocenters. The van der Waals surface area contributed by atoms with Crippen molar-refractivity contribution >= 4 is 17.4 Å². The van der Waals surface area contributed by atoms with Gasteiger partial charge >= 0.3 is 6.01 Å². The Morgan fingerprint density at radius 3 is 2.86 bits per heavy atom. The molecule has 0 saturated carbocycles. The Labute approximate surface area is 132 Å². The molecule has 1 aromatic carbocycles. The summed E-state index contributed by atoms with van der Waals surface area (Å²) >= 11 is 1.68. The van der Waals surface area contributed by atoms with Crippen molar-refractivity contribution in [3.05, 3.63) is 39.8 Å². The highest BCUT2D eigenvalue weighted by molar-refractivity contribution is 7.11. The van der Waals surface area contributed by atoms with E-state index in [4.69, 9.17) is 9.26 Å². The molecule has 2 aromatic heterocycles. The lowest BCUT2D eigenvalue weighted by molar-refractivity contribution is 0.414. The predicted molar refractivity (Wildman–Crippen MR) is 85.2 cm³/mol. The van der Waals surface area contributed by atoms with Crippen LogP contribution in [0.2, 0.25) is 0 Å². The zero-order valence-electron chi connectivity index (χ0n) is 12.6.